The Bertz CT molecular complexity index is 1440. The highest BCUT2D eigenvalue weighted by Crippen LogP contribution is 2.38. The molecule has 1 aliphatic rings. The number of imide groups is 2. The molecular weight excluding hydrogens is 611 g/mol. The van der Waals surface area contributed by atoms with Gasteiger partial charge < -0.3 is 9.47 Å². The zero-order chi connectivity index (χ0) is 26.7. The zero-order valence-corrected chi connectivity index (χ0v) is 23.0. The van der Waals surface area contributed by atoms with Gasteiger partial charge in [0.15, 0.2) is 11.5 Å². The van der Waals surface area contributed by atoms with Crippen molar-refractivity contribution in [2.75, 3.05) is 11.5 Å². The molecule has 0 bridgehead atoms. The lowest BCUT2D eigenvalue weighted by Gasteiger charge is -2.27. The Kier molecular flexibility index (Phi) is 8.09. The summed E-state index contributed by atoms with van der Waals surface area (Å²) < 4.78 is 26.9. The van der Waals surface area contributed by atoms with Crippen LogP contribution in [0.2, 0.25) is 0 Å². The van der Waals surface area contributed by atoms with Crippen LogP contribution in [0, 0.1) is 12.7 Å². The smallest absolute Gasteiger partial charge is 0.335 e. The van der Waals surface area contributed by atoms with Crippen molar-refractivity contribution in [3.63, 3.8) is 0 Å². The van der Waals surface area contributed by atoms with Crippen LogP contribution in [0.1, 0.15) is 23.6 Å². The number of benzene rings is 3. The number of anilines is 1. The molecule has 3 aromatic rings. The second-order valence-electron chi connectivity index (χ2n) is 8.03. The van der Waals surface area contributed by atoms with E-state index in [4.69, 9.17) is 9.47 Å². The number of rotatable bonds is 7. The average Bonchev–Trinajstić information content (AvgIpc) is 2.83. The third-order valence-electron chi connectivity index (χ3n) is 5.47. The Morgan fingerprint density at radius 2 is 1.78 bits per heavy atom. The van der Waals surface area contributed by atoms with Gasteiger partial charge in [0.2, 0.25) is 0 Å². The number of carbonyl (C=O) groups is 3. The Morgan fingerprint density at radius 3 is 2.49 bits per heavy atom. The molecule has 0 radical (unpaired) electrons. The van der Waals surface area contributed by atoms with Gasteiger partial charge in [0.1, 0.15) is 18.0 Å². The molecule has 0 aromatic heterocycles. The normalized spacial score (nSPS) is 14.7. The summed E-state index contributed by atoms with van der Waals surface area (Å²) in [5.41, 5.74) is 1.63. The SMILES string of the molecule is CCOc1cc(/C=C2/C(=O)NC(=O)N(c3ccc(Br)cc3C)C2=O)cc(Br)c1OCc1ccccc1F. The summed E-state index contributed by atoms with van der Waals surface area (Å²) in [6.45, 7) is 3.83. The van der Waals surface area contributed by atoms with Gasteiger partial charge in [0.05, 0.1) is 16.8 Å². The lowest BCUT2D eigenvalue weighted by atomic mass is 10.1. The number of amides is 4. The van der Waals surface area contributed by atoms with E-state index in [0.717, 1.165) is 9.37 Å². The summed E-state index contributed by atoms with van der Waals surface area (Å²) >= 11 is 6.81. The molecule has 10 heteroatoms. The van der Waals surface area contributed by atoms with Crippen molar-refractivity contribution in [1.29, 1.82) is 0 Å². The van der Waals surface area contributed by atoms with Crippen molar-refractivity contribution in [2.24, 2.45) is 0 Å². The fraction of sp³-hybridized carbons (Fsp3) is 0.148. The van der Waals surface area contributed by atoms with Gasteiger partial charge in [-0.05, 0) is 83.4 Å². The van der Waals surface area contributed by atoms with E-state index in [1.54, 1.807) is 62.4 Å². The van der Waals surface area contributed by atoms with Gasteiger partial charge in [-0.2, -0.15) is 0 Å². The second-order valence-corrected chi connectivity index (χ2v) is 9.80. The third-order valence-corrected chi connectivity index (χ3v) is 6.56. The number of barbiturate groups is 1. The molecule has 0 spiro atoms. The van der Waals surface area contributed by atoms with Crippen LogP contribution in [0.25, 0.3) is 6.08 Å². The Hall–Kier alpha value is -3.50. The summed E-state index contributed by atoms with van der Waals surface area (Å²) in [5.74, 6) is -1.28. The van der Waals surface area contributed by atoms with E-state index in [1.807, 2.05) is 0 Å². The van der Waals surface area contributed by atoms with E-state index in [2.05, 4.69) is 37.2 Å². The monoisotopic (exact) mass is 630 g/mol. The number of urea groups is 1. The molecule has 0 aliphatic carbocycles. The molecule has 0 unspecified atom stereocenters. The fourth-order valence-electron chi connectivity index (χ4n) is 3.75. The van der Waals surface area contributed by atoms with E-state index in [-0.39, 0.29) is 18.0 Å². The maximum atomic E-state index is 14.0. The van der Waals surface area contributed by atoms with Gasteiger partial charge in [0, 0.05) is 10.0 Å². The first-order chi connectivity index (χ1) is 17.7. The molecule has 1 heterocycles. The summed E-state index contributed by atoms with van der Waals surface area (Å²) in [6, 6.07) is 13.8. The number of ether oxygens (including phenoxy) is 2. The minimum absolute atomic E-state index is 0.0315. The molecule has 1 aliphatic heterocycles. The van der Waals surface area contributed by atoms with Crippen LogP contribution >= 0.6 is 31.9 Å². The van der Waals surface area contributed by atoms with Crippen LogP contribution in [0.15, 0.2) is 69.1 Å². The summed E-state index contributed by atoms with van der Waals surface area (Å²) in [4.78, 5) is 39.4. The van der Waals surface area contributed by atoms with Crippen molar-refractivity contribution in [3.05, 3.63) is 91.6 Å². The van der Waals surface area contributed by atoms with Crippen molar-refractivity contribution in [3.8, 4) is 11.5 Å². The number of halogens is 3. The summed E-state index contributed by atoms with van der Waals surface area (Å²) in [5, 5.41) is 2.22. The van der Waals surface area contributed by atoms with E-state index < -0.39 is 17.8 Å². The molecule has 1 N–H and O–H groups in total. The number of nitrogens with zero attached hydrogens (tertiary/aromatic N) is 1. The Morgan fingerprint density at radius 1 is 1.03 bits per heavy atom. The average molecular weight is 632 g/mol. The first-order valence-electron chi connectivity index (χ1n) is 11.2. The third kappa shape index (κ3) is 5.75. The quantitative estimate of drug-likeness (QED) is 0.244. The minimum Gasteiger partial charge on any atom is -0.490 e. The topological polar surface area (TPSA) is 84.9 Å². The molecule has 4 rings (SSSR count). The molecular formula is C27H21Br2FN2O5. The minimum atomic E-state index is -0.828. The van der Waals surface area contributed by atoms with Gasteiger partial charge in [-0.1, -0.05) is 34.1 Å². The molecule has 1 saturated heterocycles. The van der Waals surface area contributed by atoms with Crippen LogP contribution in [-0.2, 0) is 16.2 Å². The number of nitrogens with one attached hydrogen (secondary N) is 1. The number of carbonyl (C=O) groups excluding carboxylic acids is 3. The van der Waals surface area contributed by atoms with Crippen LogP contribution in [0.3, 0.4) is 0 Å². The lowest BCUT2D eigenvalue weighted by molar-refractivity contribution is -0.122. The lowest BCUT2D eigenvalue weighted by Crippen LogP contribution is -2.54. The van der Waals surface area contributed by atoms with Crippen LogP contribution in [0.5, 0.6) is 11.5 Å². The van der Waals surface area contributed by atoms with Crippen LogP contribution < -0.4 is 19.7 Å². The number of aryl methyl sites for hydroxylation is 1. The van der Waals surface area contributed by atoms with Crippen molar-refractivity contribution in [1.82, 2.24) is 5.32 Å². The van der Waals surface area contributed by atoms with Gasteiger partial charge in [-0.3, -0.25) is 14.9 Å². The summed E-state index contributed by atoms with van der Waals surface area (Å²) in [6.07, 6.45) is 1.37. The fourth-order valence-corrected chi connectivity index (χ4v) is 4.80. The van der Waals surface area contributed by atoms with Crippen molar-refractivity contribution in [2.45, 2.75) is 20.5 Å². The summed E-state index contributed by atoms with van der Waals surface area (Å²) in [7, 11) is 0. The largest absolute Gasteiger partial charge is 0.490 e. The predicted molar refractivity (Wildman–Crippen MR) is 144 cm³/mol. The molecule has 37 heavy (non-hydrogen) atoms. The molecule has 3 aromatic carbocycles. The predicted octanol–water partition coefficient (Wildman–Crippen LogP) is 6.30. The van der Waals surface area contributed by atoms with E-state index in [0.29, 0.717) is 45.0 Å². The molecule has 0 saturated carbocycles. The van der Waals surface area contributed by atoms with Gasteiger partial charge >= 0.3 is 6.03 Å². The Balaban J connectivity index is 1.68. The maximum absolute atomic E-state index is 14.0. The Labute approximate surface area is 229 Å². The van der Waals surface area contributed by atoms with Crippen LogP contribution in [0.4, 0.5) is 14.9 Å². The molecule has 190 valence electrons. The highest BCUT2D eigenvalue weighted by molar-refractivity contribution is 9.10. The van der Waals surface area contributed by atoms with Gasteiger partial charge in [0.25, 0.3) is 11.8 Å². The first kappa shape index (κ1) is 26.6. The first-order valence-corrected chi connectivity index (χ1v) is 12.8. The van der Waals surface area contributed by atoms with E-state index >= 15 is 0 Å². The molecule has 4 amide bonds. The molecule has 1 fully saturated rings. The standard InChI is InChI=1S/C27H21Br2FN2O5/c1-3-36-23-13-16(12-20(29)24(23)37-14-17-6-4-5-7-21(17)30)11-19-25(33)31-27(35)32(26(19)34)22-9-8-18(28)10-15(22)2/h4-13H,3,14H2,1-2H3,(H,31,33,35)/b19-11-. The highest BCUT2D eigenvalue weighted by Gasteiger charge is 2.37. The van der Waals surface area contributed by atoms with E-state index in [9.17, 15) is 18.8 Å². The van der Waals surface area contributed by atoms with Crippen LogP contribution in [-0.4, -0.2) is 24.5 Å². The number of hydrogen-bond acceptors (Lipinski definition) is 5. The van der Waals surface area contributed by atoms with Crippen molar-refractivity contribution < 1.29 is 28.2 Å². The number of hydrogen-bond donors (Lipinski definition) is 1. The second kappa shape index (κ2) is 11.3. The molecule has 7 nitrogen and oxygen atoms in total. The van der Waals surface area contributed by atoms with Crippen molar-refractivity contribution >= 4 is 61.5 Å². The van der Waals surface area contributed by atoms with Gasteiger partial charge in [-0.25, -0.2) is 14.1 Å². The zero-order valence-electron chi connectivity index (χ0n) is 19.8. The highest BCUT2D eigenvalue weighted by atomic mass is 79.9. The van der Waals surface area contributed by atoms with Gasteiger partial charge in [-0.15, -0.1) is 0 Å². The maximum Gasteiger partial charge on any atom is 0.335 e. The molecule has 0 atom stereocenters. The van der Waals surface area contributed by atoms with E-state index in [1.165, 1.54) is 12.1 Å².